The van der Waals surface area contributed by atoms with Crippen molar-refractivity contribution in [1.82, 2.24) is 0 Å². The monoisotopic (exact) mass is 208 g/mol. The van der Waals surface area contributed by atoms with Gasteiger partial charge in [0.25, 0.3) is 0 Å². The molecular weight excluding hydrogens is 188 g/mol. The lowest BCUT2D eigenvalue weighted by Gasteiger charge is -2.56. The van der Waals surface area contributed by atoms with Crippen LogP contribution in [-0.4, -0.2) is 11.1 Å². The zero-order valence-electron chi connectivity index (χ0n) is 9.62. The highest BCUT2D eigenvalue weighted by molar-refractivity contribution is 5.66. The minimum absolute atomic E-state index is 0.313. The summed E-state index contributed by atoms with van der Waals surface area (Å²) < 4.78 is 0. The quantitative estimate of drug-likeness (QED) is 0.720. The molecule has 0 amide bonds. The van der Waals surface area contributed by atoms with Crippen LogP contribution in [0.25, 0.3) is 0 Å². The van der Waals surface area contributed by atoms with Crippen molar-refractivity contribution in [2.24, 2.45) is 17.3 Å². The lowest BCUT2D eigenvalue weighted by molar-refractivity contribution is -0.137. The van der Waals surface area contributed by atoms with Crippen LogP contribution in [0.3, 0.4) is 0 Å². The van der Waals surface area contributed by atoms with Gasteiger partial charge in [0.05, 0.1) is 0 Å². The Morgan fingerprint density at radius 2 is 2.33 bits per heavy atom. The van der Waals surface area contributed by atoms with E-state index in [0.29, 0.717) is 11.8 Å². The fraction of sp³-hybridized carbons (Fsp3) is 0.769. The van der Waals surface area contributed by atoms with Crippen LogP contribution < -0.4 is 0 Å². The van der Waals surface area contributed by atoms with Gasteiger partial charge in [0.1, 0.15) is 0 Å². The van der Waals surface area contributed by atoms with Crippen LogP contribution in [0.15, 0.2) is 11.6 Å². The summed E-state index contributed by atoms with van der Waals surface area (Å²) >= 11 is 0. The Kier molecular flexibility index (Phi) is 2.61. The average molecular weight is 208 g/mol. The highest BCUT2D eigenvalue weighted by Crippen LogP contribution is 2.59. The zero-order chi connectivity index (χ0) is 11.1. The molecule has 1 saturated carbocycles. The molecule has 2 atom stereocenters. The van der Waals surface area contributed by atoms with Crippen molar-refractivity contribution < 1.29 is 9.90 Å². The van der Waals surface area contributed by atoms with E-state index >= 15 is 0 Å². The van der Waals surface area contributed by atoms with Gasteiger partial charge in [-0.25, -0.2) is 0 Å². The molecule has 1 N–H and O–H groups in total. The molecule has 3 aliphatic carbocycles. The minimum atomic E-state index is -0.669. The Bertz CT molecular complexity index is 302. The van der Waals surface area contributed by atoms with Gasteiger partial charge in [0.2, 0.25) is 0 Å². The van der Waals surface area contributed by atoms with Gasteiger partial charge in [0.15, 0.2) is 0 Å². The van der Waals surface area contributed by atoms with E-state index in [4.69, 9.17) is 5.11 Å². The zero-order valence-corrected chi connectivity index (χ0v) is 9.62. The summed E-state index contributed by atoms with van der Waals surface area (Å²) in [5, 5.41) is 8.60. The summed E-state index contributed by atoms with van der Waals surface area (Å²) in [6.45, 7) is 4.71. The molecule has 0 aliphatic heterocycles. The molecule has 2 bridgehead atoms. The van der Waals surface area contributed by atoms with Crippen LogP contribution >= 0.6 is 0 Å². The molecule has 0 saturated heterocycles. The third kappa shape index (κ3) is 1.82. The molecule has 0 aromatic heterocycles. The smallest absolute Gasteiger partial charge is 0.303 e. The number of fused-ring (bicyclic) bond motifs is 1. The molecule has 0 radical (unpaired) electrons. The fourth-order valence-electron chi connectivity index (χ4n) is 3.20. The fourth-order valence-corrected chi connectivity index (χ4v) is 3.20. The van der Waals surface area contributed by atoms with Crippen molar-refractivity contribution in [3.8, 4) is 0 Å². The van der Waals surface area contributed by atoms with Crippen molar-refractivity contribution >= 4 is 5.97 Å². The molecular formula is C13H20O2. The van der Waals surface area contributed by atoms with Gasteiger partial charge >= 0.3 is 5.97 Å². The molecule has 0 aromatic carbocycles. The van der Waals surface area contributed by atoms with E-state index in [2.05, 4.69) is 19.9 Å². The number of carboxylic acids is 1. The molecule has 0 aromatic rings. The second kappa shape index (κ2) is 3.66. The molecule has 3 aliphatic rings. The average Bonchev–Trinajstić information content (AvgIpc) is 2.17. The maximum absolute atomic E-state index is 10.4. The Hall–Kier alpha value is -0.790. The first-order valence-corrected chi connectivity index (χ1v) is 5.92. The van der Waals surface area contributed by atoms with Gasteiger partial charge < -0.3 is 5.11 Å². The molecule has 0 heterocycles. The molecule has 84 valence electrons. The van der Waals surface area contributed by atoms with Gasteiger partial charge in [-0.2, -0.15) is 0 Å². The summed E-state index contributed by atoms with van der Waals surface area (Å²) in [4.78, 5) is 10.4. The van der Waals surface area contributed by atoms with Crippen LogP contribution in [-0.2, 0) is 4.79 Å². The predicted molar refractivity (Wildman–Crippen MR) is 59.6 cm³/mol. The Morgan fingerprint density at radius 1 is 1.60 bits per heavy atom. The first-order chi connectivity index (χ1) is 7.01. The van der Waals surface area contributed by atoms with E-state index in [0.717, 1.165) is 24.7 Å². The van der Waals surface area contributed by atoms with Crippen molar-refractivity contribution in [3.05, 3.63) is 11.6 Å². The highest BCUT2D eigenvalue weighted by Gasteiger charge is 2.50. The molecule has 0 spiro atoms. The maximum Gasteiger partial charge on any atom is 0.303 e. The largest absolute Gasteiger partial charge is 0.481 e. The van der Waals surface area contributed by atoms with Gasteiger partial charge in [0, 0.05) is 6.42 Å². The SMILES string of the molecule is CC1(C)[C@H]2CC=C(CCCC(=O)O)[C@H]1C2. The van der Waals surface area contributed by atoms with Crippen LogP contribution in [0, 0.1) is 17.3 Å². The number of hydrogen-bond acceptors (Lipinski definition) is 1. The normalized spacial score (nSPS) is 31.7. The third-order valence-corrected chi connectivity index (χ3v) is 4.44. The topological polar surface area (TPSA) is 37.3 Å². The summed E-state index contributed by atoms with van der Waals surface area (Å²) in [5.41, 5.74) is 2.01. The summed E-state index contributed by atoms with van der Waals surface area (Å²) in [7, 11) is 0. The van der Waals surface area contributed by atoms with Gasteiger partial charge in [-0.3, -0.25) is 4.79 Å². The van der Waals surface area contributed by atoms with Crippen LogP contribution in [0.2, 0.25) is 0 Å². The van der Waals surface area contributed by atoms with E-state index in [9.17, 15) is 4.79 Å². The Morgan fingerprint density at radius 3 is 2.87 bits per heavy atom. The lowest BCUT2D eigenvalue weighted by atomic mass is 9.48. The van der Waals surface area contributed by atoms with Crippen LogP contribution in [0.4, 0.5) is 0 Å². The molecule has 3 rings (SSSR count). The number of hydrogen-bond donors (Lipinski definition) is 1. The van der Waals surface area contributed by atoms with E-state index in [1.54, 1.807) is 0 Å². The van der Waals surface area contributed by atoms with Crippen molar-refractivity contribution in [3.63, 3.8) is 0 Å². The predicted octanol–water partition coefficient (Wildman–Crippen LogP) is 3.23. The van der Waals surface area contributed by atoms with Gasteiger partial charge in [-0.15, -0.1) is 0 Å². The first kappa shape index (κ1) is 10.7. The highest BCUT2D eigenvalue weighted by atomic mass is 16.4. The number of allylic oxidation sites excluding steroid dienone is 2. The van der Waals surface area contributed by atoms with Crippen molar-refractivity contribution in [1.29, 1.82) is 0 Å². The van der Waals surface area contributed by atoms with Crippen LogP contribution in [0.1, 0.15) is 46.0 Å². The van der Waals surface area contributed by atoms with E-state index < -0.39 is 5.97 Å². The second-order valence-corrected chi connectivity index (χ2v) is 5.57. The number of aliphatic carboxylic acids is 1. The molecule has 2 heteroatoms. The van der Waals surface area contributed by atoms with Gasteiger partial charge in [-0.1, -0.05) is 25.5 Å². The summed E-state index contributed by atoms with van der Waals surface area (Å²) in [5.74, 6) is 0.952. The Labute approximate surface area is 91.4 Å². The van der Waals surface area contributed by atoms with E-state index in [-0.39, 0.29) is 0 Å². The molecule has 1 fully saturated rings. The maximum atomic E-state index is 10.4. The van der Waals surface area contributed by atoms with Crippen molar-refractivity contribution in [2.75, 3.05) is 0 Å². The second-order valence-electron chi connectivity index (χ2n) is 5.57. The molecule has 2 nitrogen and oxygen atoms in total. The molecule has 0 unspecified atom stereocenters. The minimum Gasteiger partial charge on any atom is -0.481 e. The summed E-state index contributed by atoms with van der Waals surface area (Å²) in [6, 6.07) is 0. The standard InChI is InChI=1S/C13H20O2/c1-13(2)10-7-6-9(11(13)8-10)4-3-5-12(14)15/h6,10-11H,3-5,7-8H2,1-2H3,(H,14,15)/t10-,11+/m0/s1. The van der Waals surface area contributed by atoms with Gasteiger partial charge in [-0.05, 0) is 42.9 Å². The number of carbonyl (C=O) groups is 1. The first-order valence-electron chi connectivity index (χ1n) is 5.92. The van der Waals surface area contributed by atoms with Crippen molar-refractivity contribution in [2.45, 2.75) is 46.0 Å². The van der Waals surface area contributed by atoms with Crippen LogP contribution in [0.5, 0.6) is 0 Å². The summed E-state index contributed by atoms with van der Waals surface area (Å²) in [6.07, 6.45) is 7.03. The Balaban J connectivity index is 1.88. The molecule has 15 heavy (non-hydrogen) atoms. The number of carboxylic acid groups (broad SMARTS) is 1. The number of rotatable bonds is 4. The van der Waals surface area contributed by atoms with E-state index in [1.165, 1.54) is 18.4 Å². The van der Waals surface area contributed by atoms with E-state index in [1.807, 2.05) is 0 Å². The third-order valence-electron chi connectivity index (χ3n) is 4.44. The lowest BCUT2D eigenvalue weighted by Crippen LogP contribution is -2.48.